The number of aromatic amines is 1. The van der Waals surface area contributed by atoms with Crippen LogP contribution in [-0.2, 0) is 4.79 Å². The summed E-state index contributed by atoms with van der Waals surface area (Å²) in [5.74, 6) is -0.595. The summed E-state index contributed by atoms with van der Waals surface area (Å²) in [6.45, 7) is 4.17. The standard InChI is InChI=1S/C16H23N5O2/c1-10(6-5-9-17)18-15(22)11(2)19-16(23)14-12-7-3-4-8-13(12)20-21-14/h3-4,7-8,10-11H,5-6,9,17H2,1-2H3,(H,18,22)(H,19,23)(H,20,21). The normalized spacial score (nSPS) is 13.5. The van der Waals surface area contributed by atoms with Gasteiger partial charge in [-0.2, -0.15) is 5.10 Å². The number of aromatic nitrogens is 2. The van der Waals surface area contributed by atoms with Crippen molar-refractivity contribution < 1.29 is 9.59 Å². The second-order valence-electron chi connectivity index (χ2n) is 5.65. The van der Waals surface area contributed by atoms with Gasteiger partial charge < -0.3 is 16.4 Å². The predicted molar refractivity (Wildman–Crippen MR) is 88.9 cm³/mol. The second kappa shape index (κ2) is 7.73. The third-order valence-corrected chi connectivity index (χ3v) is 3.66. The van der Waals surface area contributed by atoms with E-state index in [1.165, 1.54) is 0 Å². The summed E-state index contributed by atoms with van der Waals surface area (Å²) in [4.78, 5) is 24.4. The summed E-state index contributed by atoms with van der Waals surface area (Å²) in [5.41, 5.74) is 6.52. The van der Waals surface area contributed by atoms with E-state index in [-0.39, 0.29) is 23.6 Å². The summed E-state index contributed by atoms with van der Waals surface area (Å²) >= 11 is 0. The first-order valence-corrected chi connectivity index (χ1v) is 7.77. The smallest absolute Gasteiger partial charge is 0.273 e. The number of para-hydroxylation sites is 1. The molecular formula is C16H23N5O2. The molecule has 0 saturated heterocycles. The molecule has 0 spiro atoms. The molecule has 7 heteroatoms. The Morgan fingerprint density at radius 1 is 1.26 bits per heavy atom. The average Bonchev–Trinajstić information content (AvgIpc) is 2.96. The highest BCUT2D eigenvalue weighted by Crippen LogP contribution is 2.14. The van der Waals surface area contributed by atoms with Crippen LogP contribution in [0.25, 0.3) is 10.9 Å². The molecule has 0 saturated carbocycles. The Kier molecular flexibility index (Phi) is 5.70. The van der Waals surface area contributed by atoms with Gasteiger partial charge in [-0.25, -0.2) is 0 Å². The van der Waals surface area contributed by atoms with Crippen LogP contribution in [0.3, 0.4) is 0 Å². The molecule has 7 nitrogen and oxygen atoms in total. The van der Waals surface area contributed by atoms with E-state index in [4.69, 9.17) is 5.73 Å². The van der Waals surface area contributed by atoms with Crippen molar-refractivity contribution >= 4 is 22.7 Å². The number of benzene rings is 1. The lowest BCUT2D eigenvalue weighted by atomic mass is 10.1. The molecule has 124 valence electrons. The van der Waals surface area contributed by atoms with Crippen LogP contribution in [0.2, 0.25) is 0 Å². The van der Waals surface area contributed by atoms with Crippen molar-refractivity contribution in [3.05, 3.63) is 30.0 Å². The van der Waals surface area contributed by atoms with Crippen LogP contribution in [-0.4, -0.2) is 40.6 Å². The maximum atomic E-state index is 12.3. The lowest BCUT2D eigenvalue weighted by Crippen LogP contribution is -2.47. The Morgan fingerprint density at radius 2 is 2.00 bits per heavy atom. The fraction of sp³-hybridized carbons (Fsp3) is 0.438. The Balaban J connectivity index is 1.95. The van der Waals surface area contributed by atoms with E-state index in [1.54, 1.807) is 6.92 Å². The zero-order chi connectivity index (χ0) is 16.8. The van der Waals surface area contributed by atoms with Gasteiger partial charge in [0.2, 0.25) is 5.91 Å². The highest BCUT2D eigenvalue weighted by molar-refractivity contribution is 6.05. The zero-order valence-corrected chi connectivity index (χ0v) is 13.4. The number of rotatable bonds is 7. The minimum Gasteiger partial charge on any atom is -0.352 e. The molecule has 0 aliphatic heterocycles. The van der Waals surface area contributed by atoms with Crippen LogP contribution in [0.1, 0.15) is 37.2 Å². The molecule has 0 bridgehead atoms. The van der Waals surface area contributed by atoms with Gasteiger partial charge >= 0.3 is 0 Å². The number of nitrogens with two attached hydrogens (primary N) is 1. The predicted octanol–water partition coefficient (Wildman–Crippen LogP) is 0.925. The van der Waals surface area contributed by atoms with Crippen molar-refractivity contribution in [2.75, 3.05) is 6.54 Å². The molecular weight excluding hydrogens is 294 g/mol. The summed E-state index contributed by atoms with van der Waals surface area (Å²) in [7, 11) is 0. The van der Waals surface area contributed by atoms with Crippen molar-refractivity contribution in [2.24, 2.45) is 5.73 Å². The summed E-state index contributed by atoms with van der Waals surface area (Å²) in [5, 5.41) is 13.1. The van der Waals surface area contributed by atoms with E-state index < -0.39 is 6.04 Å². The molecule has 0 fully saturated rings. The van der Waals surface area contributed by atoms with E-state index in [9.17, 15) is 9.59 Å². The minimum atomic E-state index is -0.640. The van der Waals surface area contributed by atoms with E-state index in [1.807, 2.05) is 31.2 Å². The number of carbonyl (C=O) groups is 2. The fourth-order valence-corrected chi connectivity index (χ4v) is 2.33. The van der Waals surface area contributed by atoms with Gasteiger partial charge in [-0.3, -0.25) is 14.7 Å². The lowest BCUT2D eigenvalue weighted by molar-refractivity contribution is -0.123. The van der Waals surface area contributed by atoms with Gasteiger partial charge in [0.15, 0.2) is 5.69 Å². The second-order valence-corrected chi connectivity index (χ2v) is 5.65. The molecule has 23 heavy (non-hydrogen) atoms. The molecule has 2 aromatic rings. The first kappa shape index (κ1) is 17.0. The third-order valence-electron chi connectivity index (χ3n) is 3.66. The van der Waals surface area contributed by atoms with Gasteiger partial charge in [0.1, 0.15) is 6.04 Å². The number of fused-ring (bicyclic) bond motifs is 1. The number of nitrogens with zero attached hydrogens (tertiary/aromatic N) is 1. The van der Waals surface area contributed by atoms with Gasteiger partial charge in [0.25, 0.3) is 5.91 Å². The lowest BCUT2D eigenvalue weighted by Gasteiger charge is -2.18. The van der Waals surface area contributed by atoms with Crippen LogP contribution in [0, 0.1) is 0 Å². The van der Waals surface area contributed by atoms with E-state index in [0.717, 1.165) is 23.7 Å². The number of H-pyrrole nitrogens is 1. The molecule has 0 aliphatic carbocycles. The molecule has 5 N–H and O–H groups in total. The van der Waals surface area contributed by atoms with Crippen molar-refractivity contribution in [2.45, 2.75) is 38.8 Å². The number of hydrogen-bond donors (Lipinski definition) is 4. The van der Waals surface area contributed by atoms with Gasteiger partial charge in [0, 0.05) is 11.4 Å². The zero-order valence-electron chi connectivity index (χ0n) is 13.4. The Bertz CT molecular complexity index is 682. The highest BCUT2D eigenvalue weighted by Gasteiger charge is 2.20. The topological polar surface area (TPSA) is 113 Å². The Hall–Kier alpha value is -2.41. The number of carbonyl (C=O) groups excluding carboxylic acids is 2. The fourth-order valence-electron chi connectivity index (χ4n) is 2.33. The third kappa shape index (κ3) is 4.29. The van der Waals surface area contributed by atoms with Gasteiger partial charge in [-0.15, -0.1) is 0 Å². The number of hydrogen-bond acceptors (Lipinski definition) is 4. The maximum Gasteiger partial charge on any atom is 0.273 e. The molecule has 0 aliphatic rings. The SMILES string of the molecule is CC(CCCN)NC(=O)C(C)NC(=O)c1n[nH]c2ccccc12. The average molecular weight is 317 g/mol. The van der Waals surface area contributed by atoms with Crippen LogP contribution in [0.5, 0.6) is 0 Å². The van der Waals surface area contributed by atoms with Gasteiger partial charge in [-0.05, 0) is 39.3 Å². The number of amides is 2. The minimum absolute atomic E-state index is 0.0246. The highest BCUT2D eigenvalue weighted by atomic mass is 16.2. The van der Waals surface area contributed by atoms with Crippen molar-refractivity contribution in [1.82, 2.24) is 20.8 Å². The van der Waals surface area contributed by atoms with Crippen LogP contribution in [0.4, 0.5) is 0 Å². The quantitative estimate of drug-likeness (QED) is 0.608. The first-order chi connectivity index (χ1) is 11.0. The number of nitrogens with one attached hydrogen (secondary N) is 3. The van der Waals surface area contributed by atoms with Gasteiger partial charge in [-0.1, -0.05) is 18.2 Å². The molecule has 2 rings (SSSR count). The van der Waals surface area contributed by atoms with E-state index >= 15 is 0 Å². The van der Waals surface area contributed by atoms with E-state index in [2.05, 4.69) is 20.8 Å². The molecule has 1 aromatic heterocycles. The van der Waals surface area contributed by atoms with Gasteiger partial charge in [0.05, 0.1) is 5.52 Å². The van der Waals surface area contributed by atoms with Crippen molar-refractivity contribution in [1.29, 1.82) is 0 Å². The summed E-state index contributed by atoms with van der Waals surface area (Å²) in [6, 6.07) is 6.74. The summed E-state index contributed by atoms with van der Waals surface area (Å²) < 4.78 is 0. The van der Waals surface area contributed by atoms with E-state index in [0.29, 0.717) is 6.54 Å². The van der Waals surface area contributed by atoms with Crippen molar-refractivity contribution in [3.8, 4) is 0 Å². The molecule has 2 amide bonds. The van der Waals surface area contributed by atoms with Crippen LogP contribution < -0.4 is 16.4 Å². The molecule has 2 atom stereocenters. The van der Waals surface area contributed by atoms with Crippen LogP contribution >= 0.6 is 0 Å². The van der Waals surface area contributed by atoms with Crippen molar-refractivity contribution in [3.63, 3.8) is 0 Å². The molecule has 1 heterocycles. The monoisotopic (exact) mass is 317 g/mol. The largest absolute Gasteiger partial charge is 0.352 e. The molecule has 2 unspecified atom stereocenters. The Morgan fingerprint density at radius 3 is 2.74 bits per heavy atom. The molecule has 0 radical (unpaired) electrons. The Labute approximate surface area is 135 Å². The summed E-state index contributed by atoms with van der Waals surface area (Å²) in [6.07, 6.45) is 1.66. The van der Waals surface area contributed by atoms with Crippen LogP contribution in [0.15, 0.2) is 24.3 Å². The molecule has 1 aromatic carbocycles. The first-order valence-electron chi connectivity index (χ1n) is 7.77. The maximum absolute atomic E-state index is 12.3.